The number of nitrogens with one attached hydrogen (secondary N) is 1. The molecular weight excluding hydrogens is 356 g/mol. The molecule has 1 N–H and O–H groups in total. The highest BCUT2D eigenvalue weighted by Gasteiger charge is 2.23. The summed E-state index contributed by atoms with van der Waals surface area (Å²) in [6.45, 7) is 7.16. The Morgan fingerprint density at radius 1 is 1.14 bits per heavy atom. The zero-order valence-corrected chi connectivity index (χ0v) is 16.1. The van der Waals surface area contributed by atoms with Crippen molar-refractivity contribution in [3.05, 3.63) is 53.9 Å². The Kier molecular flexibility index (Phi) is 5.62. The quantitative estimate of drug-likeness (QED) is 0.880. The molecule has 1 saturated heterocycles. The Labute approximate surface area is 165 Å². The van der Waals surface area contributed by atoms with Crippen molar-refractivity contribution in [2.45, 2.75) is 19.5 Å². The Morgan fingerprint density at radius 3 is 2.68 bits per heavy atom. The monoisotopic (exact) mass is 382 g/mol. The van der Waals surface area contributed by atoms with Gasteiger partial charge < -0.3 is 19.7 Å². The molecule has 1 fully saturated rings. The number of ether oxygens (including phenoxy) is 2. The van der Waals surface area contributed by atoms with Crippen molar-refractivity contribution >= 4 is 6.03 Å². The second kappa shape index (κ2) is 8.48. The van der Waals surface area contributed by atoms with E-state index >= 15 is 0 Å². The van der Waals surface area contributed by atoms with Gasteiger partial charge in [0, 0.05) is 45.1 Å². The van der Waals surface area contributed by atoms with Crippen LogP contribution in [-0.2, 0) is 6.54 Å². The lowest BCUT2D eigenvalue weighted by Crippen LogP contribution is -2.51. The van der Waals surface area contributed by atoms with E-state index in [-0.39, 0.29) is 12.1 Å². The second-order valence-electron chi connectivity index (χ2n) is 7.20. The summed E-state index contributed by atoms with van der Waals surface area (Å²) >= 11 is 0. The molecule has 2 aromatic rings. The van der Waals surface area contributed by atoms with E-state index in [1.165, 1.54) is 5.56 Å². The summed E-state index contributed by atoms with van der Waals surface area (Å²) in [5, 5.41) is 3.10. The van der Waals surface area contributed by atoms with Crippen molar-refractivity contribution in [1.82, 2.24) is 20.1 Å². The van der Waals surface area contributed by atoms with E-state index in [1.54, 1.807) is 6.20 Å². The van der Waals surface area contributed by atoms with E-state index in [4.69, 9.17) is 9.47 Å². The molecule has 3 heterocycles. The lowest BCUT2D eigenvalue weighted by Gasteiger charge is -2.35. The van der Waals surface area contributed by atoms with Gasteiger partial charge in [-0.3, -0.25) is 9.88 Å². The van der Waals surface area contributed by atoms with Gasteiger partial charge in [-0.1, -0.05) is 12.1 Å². The van der Waals surface area contributed by atoms with Crippen molar-refractivity contribution in [2.24, 2.45) is 0 Å². The molecule has 0 unspecified atom stereocenters. The smallest absolute Gasteiger partial charge is 0.317 e. The zero-order valence-electron chi connectivity index (χ0n) is 16.1. The maximum Gasteiger partial charge on any atom is 0.317 e. The minimum Gasteiger partial charge on any atom is -0.486 e. The first-order valence-corrected chi connectivity index (χ1v) is 9.75. The van der Waals surface area contributed by atoms with Gasteiger partial charge in [-0.25, -0.2) is 4.79 Å². The molecule has 0 bridgehead atoms. The van der Waals surface area contributed by atoms with Crippen LogP contribution < -0.4 is 14.8 Å². The molecule has 148 valence electrons. The molecule has 1 aromatic carbocycles. The summed E-state index contributed by atoms with van der Waals surface area (Å²) in [6.07, 6.45) is 3.68. The maximum absolute atomic E-state index is 12.7. The van der Waals surface area contributed by atoms with Crippen molar-refractivity contribution in [3.8, 4) is 11.5 Å². The summed E-state index contributed by atoms with van der Waals surface area (Å²) in [7, 11) is 0. The van der Waals surface area contributed by atoms with Crippen molar-refractivity contribution in [3.63, 3.8) is 0 Å². The Bertz CT molecular complexity index is 807. The predicted octanol–water partition coefficient (Wildman–Crippen LogP) is 2.44. The third-order valence-electron chi connectivity index (χ3n) is 5.19. The van der Waals surface area contributed by atoms with Crippen LogP contribution in [0.25, 0.3) is 0 Å². The molecule has 0 saturated carbocycles. The van der Waals surface area contributed by atoms with Gasteiger partial charge in [-0.05, 0) is 36.2 Å². The molecule has 0 aliphatic carbocycles. The van der Waals surface area contributed by atoms with Crippen molar-refractivity contribution in [1.29, 1.82) is 0 Å². The molecule has 4 rings (SSSR count). The second-order valence-corrected chi connectivity index (χ2v) is 7.20. The van der Waals surface area contributed by atoms with Crippen LogP contribution in [0.4, 0.5) is 4.79 Å². The molecule has 2 aliphatic rings. The largest absolute Gasteiger partial charge is 0.486 e. The minimum atomic E-state index is -0.100. The first-order chi connectivity index (χ1) is 13.7. The number of nitrogens with zero attached hydrogens (tertiary/aromatic N) is 3. The van der Waals surface area contributed by atoms with Crippen LogP contribution in [0.1, 0.15) is 24.1 Å². The van der Waals surface area contributed by atoms with E-state index in [1.807, 2.05) is 42.3 Å². The number of aromatic nitrogens is 1. The Morgan fingerprint density at radius 2 is 1.93 bits per heavy atom. The molecule has 0 spiro atoms. The van der Waals surface area contributed by atoms with Gasteiger partial charge in [-0.15, -0.1) is 0 Å². The summed E-state index contributed by atoms with van der Waals surface area (Å²) in [4.78, 5) is 21.1. The molecule has 1 atom stereocenters. The van der Waals surface area contributed by atoms with Gasteiger partial charge in [0.15, 0.2) is 11.5 Å². The Balaban J connectivity index is 1.28. The molecule has 2 aliphatic heterocycles. The molecule has 0 radical (unpaired) electrons. The molecule has 28 heavy (non-hydrogen) atoms. The Hall–Kier alpha value is -2.80. The summed E-state index contributed by atoms with van der Waals surface area (Å²) in [5.74, 6) is 1.51. The molecule has 7 heteroatoms. The zero-order chi connectivity index (χ0) is 19.3. The number of rotatable bonds is 4. The normalized spacial score (nSPS) is 17.8. The van der Waals surface area contributed by atoms with Crippen molar-refractivity contribution in [2.75, 3.05) is 39.4 Å². The number of pyridine rings is 1. The highest BCUT2D eigenvalue weighted by molar-refractivity contribution is 5.75. The van der Waals surface area contributed by atoms with Crippen LogP contribution in [0, 0.1) is 0 Å². The van der Waals surface area contributed by atoms with E-state index < -0.39 is 0 Å². The fraction of sp³-hybridized carbons (Fsp3) is 0.429. The van der Waals surface area contributed by atoms with E-state index in [9.17, 15) is 4.79 Å². The maximum atomic E-state index is 12.7. The van der Waals surface area contributed by atoms with Crippen LogP contribution >= 0.6 is 0 Å². The number of urea groups is 1. The molecule has 7 nitrogen and oxygen atoms in total. The van der Waals surface area contributed by atoms with Gasteiger partial charge >= 0.3 is 6.03 Å². The third-order valence-corrected chi connectivity index (χ3v) is 5.19. The number of carbonyl (C=O) groups is 1. The average molecular weight is 382 g/mol. The number of hydrogen-bond acceptors (Lipinski definition) is 5. The highest BCUT2D eigenvalue weighted by Crippen LogP contribution is 2.32. The number of carbonyl (C=O) groups excluding carboxylic acids is 1. The number of hydrogen-bond donors (Lipinski definition) is 1. The SMILES string of the molecule is C[C@@H](NC(=O)N1CCN(Cc2cccnc2)CC1)c1ccc2c(c1)OCCO2. The summed E-state index contributed by atoms with van der Waals surface area (Å²) < 4.78 is 11.2. The van der Waals surface area contributed by atoms with Crippen LogP contribution in [0.5, 0.6) is 11.5 Å². The fourth-order valence-electron chi connectivity index (χ4n) is 3.55. The average Bonchev–Trinajstić information content (AvgIpc) is 2.74. The summed E-state index contributed by atoms with van der Waals surface area (Å²) in [6, 6.07) is 9.75. The molecular formula is C21H26N4O3. The molecule has 2 amide bonds. The van der Waals surface area contributed by atoms with Crippen LogP contribution in [-0.4, -0.2) is 60.2 Å². The number of amides is 2. The first-order valence-electron chi connectivity index (χ1n) is 9.75. The minimum absolute atomic E-state index is 0.0246. The molecule has 1 aromatic heterocycles. The van der Waals surface area contributed by atoms with Gasteiger partial charge in [-0.2, -0.15) is 0 Å². The lowest BCUT2D eigenvalue weighted by molar-refractivity contribution is 0.133. The van der Waals surface area contributed by atoms with Crippen molar-refractivity contribution < 1.29 is 14.3 Å². The van der Waals surface area contributed by atoms with Crippen LogP contribution in [0.2, 0.25) is 0 Å². The van der Waals surface area contributed by atoms with Gasteiger partial charge in [0.05, 0.1) is 6.04 Å². The van der Waals surface area contributed by atoms with Gasteiger partial charge in [0.25, 0.3) is 0 Å². The standard InChI is InChI=1S/C21H26N4O3/c1-16(18-4-5-19-20(13-18)28-12-11-27-19)23-21(26)25-9-7-24(8-10-25)15-17-3-2-6-22-14-17/h2-6,13-14,16H,7-12,15H2,1H3,(H,23,26)/t16-/m1/s1. The van der Waals surface area contributed by atoms with Gasteiger partial charge in [0.2, 0.25) is 0 Å². The third kappa shape index (κ3) is 4.36. The number of benzene rings is 1. The topological polar surface area (TPSA) is 66.9 Å². The predicted molar refractivity (Wildman–Crippen MR) is 105 cm³/mol. The number of piperazine rings is 1. The summed E-state index contributed by atoms with van der Waals surface area (Å²) in [5.41, 5.74) is 2.21. The first kappa shape index (κ1) is 18.6. The number of fused-ring (bicyclic) bond motifs is 1. The van der Waals surface area contributed by atoms with Gasteiger partial charge in [0.1, 0.15) is 13.2 Å². The van der Waals surface area contributed by atoms with Crippen LogP contribution in [0.15, 0.2) is 42.7 Å². The van der Waals surface area contributed by atoms with E-state index in [2.05, 4.69) is 21.3 Å². The van der Waals surface area contributed by atoms with E-state index in [0.717, 1.165) is 49.8 Å². The lowest BCUT2D eigenvalue weighted by atomic mass is 10.1. The van der Waals surface area contributed by atoms with E-state index in [0.29, 0.717) is 13.2 Å². The fourth-order valence-corrected chi connectivity index (χ4v) is 3.55. The highest BCUT2D eigenvalue weighted by atomic mass is 16.6. The van der Waals surface area contributed by atoms with Crippen LogP contribution in [0.3, 0.4) is 0 Å².